The molecule has 0 saturated heterocycles. The molecular weight excluding hydrogens is 346 g/mol. The molecule has 0 aliphatic rings. The standard InChI is InChI=1S/C16H12ClN5O3/c1-10-2-4-14(15(6-10)19-16(23)8-17)21-20-13-5-3-12(22(24)25)7-11(13)9-18/h2-7H,8H2,1H3,(H,19,23)/b21-20+. The van der Waals surface area contributed by atoms with Gasteiger partial charge in [0.05, 0.1) is 16.2 Å². The van der Waals surface area contributed by atoms with Crippen LogP contribution in [0.1, 0.15) is 11.1 Å². The van der Waals surface area contributed by atoms with Crippen LogP contribution in [0.5, 0.6) is 0 Å². The molecule has 0 aliphatic heterocycles. The quantitative estimate of drug-likeness (QED) is 0.369. The predicted molar refractivity (Wildman–Crippen MR) is 92.5 cm³/mol. The molecule has 0 bridgehead atoms. The Hall–Kier alpha value is -3.31. The van der Waals surface area contributed by atoms with Gasteiger partial charge in [0.2, 0.25) is 5.91 Å². The largest absolute Gasteiger partial charge is 0.323 e. The van der Waals surface area contributed by atoms with E-state index in [0.717, 1.165) is 11.6 Å². The first-order valence-electron chi connectivity index (χ1n) is 7.01. The minimum atomic E-state index is -0.596. The van der Waals surface area contributed by atoms with Crippen molar-refractivity contribution in [1.29, 1.82) is 5.26 Å². The van der Waals surface area contributed by atoms with Crippen LogP contribution in [0.15, 0.2) is 46.6 Å². The SMILES string of the molecule is Cc1ccc(/N=N/c2ccc([N+](=O)[O-])cc2C#N)c(NC(=O)CCl)c1. The summed E-state index contributed by atoms with van der Waals surface area (Å²) in [7, 11) is 0. The van der Waals surface area contributed by atoms with Crippen LogP contribution in [0.2, 0.25) is 0 Å². The van der Waals surface area contributed by atoms with Crippen molar-refractivity contribution in [3.05, 3.63) is 57.6 Å². The molecule has 2 aromatic rings. The summed E-state index contributed by atoms with van der Waals surface area (Å²) in [6, 6.07) is 10.7. The molecule has 0 atom stereocenters. The van der Waals surface area contributed by atoms with E-state index in [2.05, 4.69) is 15.5 Å². The van der Waals surface area contributed by atoms with Gasteiger partial charge in [-0.3, -0.25) is 14.9 Å². The van der Waals surface area contributed by atoms with Crippen LogP contribution in [-0.4, -0.2) is 16.7 Å². The van der Waals surface area contributed by atoms with Gasteiger partial charge in [-0.1, -0.05) is 6.07 Å². The minimum absolute atomic E-state index is 0.0244. The number of carbonyl (C=O) groups is 1. The lowest BCUT2D eigenvalue weighted by atomic mass is 10.2. The summed E-state index contributed by atoms with van der Waals surface area (Å²) < 4.78 is 0. The maximum atomic E-state index is 11.5. The number of nitro groups is 1. The fourth-order valence-corrected chi connectivity index (χ4v) is 2.01. The number of anilines is 1. The highest BCUT2D eigenvalue weighted by Gasteiger charge is 2.11. The number of hydrogen-bond acceptors (Lipinski definition) is 6. The number of alkyl halides is 1. The van der Waals surface area contributed by atoms with Crippen molar-refractivity contribution in [2.24, 2.45) is 10.2 Å². The van der Waals surface area contributed by atoms with Crippen LogP contribution >= 0.6 is 11.6 Å². The van der Waals surface area contributed by atoms with Gasteiger partial charge in [0.25, 0.3) is 5.69 Å². The summed E-state index contributed by atoms with van der Waals surface area (Å²) in [6.45, 7) is 1.85. The highest BCUT2D eigenvalue weighted by Crippen LogP contribution is 2.30. The van der Waals surface area contributed by atoms with Crippen LogP contribution in [0.4, 0.5) is 22.7 Å². The third-order valence-electron chi connectivity index (χ3n) is 3.12. The highest BCUT2D eigenvalue weighted by atomic mass is 35.5. The van der Waals surface area contributed by atoms with Gasteiger partial charge in [-0.2, -0.15) is 5.26 Å². The molecule has 0 radical (unpaired) electrons. The second-order valence-corrected chi connectivity index (χ2v) is 5.24. The Morgan fingerprint density at radius 2 is 1.96 bits per heavy atom. The molecule has 0 aromatic heterocycles. The Labute approximate surface area is 147 Å². The fraction of sp³-hybridized carbons (Fsp3) is 0.125. The van der Waals surface area contributed by atoms with Crippen molar-refractivity contribution < 1.29 is 9.72 Å². The second-order valence-electron chi connectivity index (χ2n) is 4.97. The third-order valence-corrected chi connectivity index (χ3v) is 3.37. The van der Waals surface area contributed by atoms with Crippen molar-refractivity contribution in [1.82, 2.24) is 0 Å². The zero-order valence-corrected chi connectivity index (χ0v) is 13.8. The van der Waals surface area contributed by atoms with E-state index in [0.29, 0.717) is 11.4 Å². The number of benzene rings is 2. The molecule has 2 rings (SSSR count). The van der Waals surface area contributed by atoms with Gasteiger partial charge in [0.15, 0.2) is 0 Å². The number of amides is 1. The van der Waals surface area contributed by atoms with E-state index in [1.165, 1.54) is 12.1 Å². The van der Waals surface area contributed by atoms with Gasteiger partial charge < -0.3 is 5.32 Å². The van der Waals surface area contributed by atoms with E-state index in [9.17, 15) is 14.9 Å². The minimum Gasteiger partial charge on any atom is -0.323 e. The number of nitro benzene ring substituents is 1. The molecule has 0 unspecified atom stereocenters. The van der Waals surface area contributed by atoms with Gasteiger partial charge in [0.1, 0.15) is 23.3 Å². The Bertz CT molecular complexity index is 905. The van der Waals surface area contributed by atoms with Gasteiger partial charge >= 0.3 is 0 Å². The number of azo groups is 1. The summed E-state index contributed by atoms with van der Waals surface area (Å²) in [5, 5.41) is 30.5. The Morgan fingerprint density at radius 1 is 1.28 bits per heavy atom. The average Bonchev–Trinajstić information content (AvgIpc) is 2.60. The van der Waals surface area contributed by atoms with Crippen LogP contribution in [0.3, 0.4) is 0 Å². The van der Waals surface area contributed by atoms with E-state index >= 15 is 0 Å². The van der Waals surface area contributed by atoms with Crippen molar-refractivity contribution in [3.8, 4) is 6.07 Å². The van der Waals surface area contributed by atoms with E-state index < -0.39 is 10.8 Å². The Kier molecular flexibility index (Phi) is 5.76. The number of nitrogens with zero attached hydrogens (tertiary/aromatic N) is 4. The summed E-state index contributed by atoms with van der Waals surface area (Å²) >= 11 is 5.49. The lowest BCUT2D eigenvalue weighted by Crippen LogP contribution is -2.12. The van der Waals surface area contributed by atoms with E-state index in [-0.39, 0.29) is 22.8 Å². The first-order valence-corrected chi connectivity index (χ1v) is 7.55. The molecule has 0 fully saturated rings. The molecule has 126 valence electrons. The summed E-state index contributed by atoms with van der Waals surface area (Å²) in [4.78, 5) is 21.7. The first-order chi connectivity index (χ1) is 11.9. The number of aryl methyl sites for hydroxylation is 1. The van der Waals surface area contributed by atoms with Gasteiger partial charge in [0, 0.05) is 12.1 Å². The molecule has 2 aromatic carbocycles. The highest BCUT2D eigenvalue weighted by molar-refractivity contribution is 6.29. The first kappa shape index (κ1) is 18.0. The van der Waals surface area contributed by atoms with E-state index in [1.807, 2.05) is 13.0 Å². The lowest BCUT2D eigenvalue weighted by Gasteiger charge is -2.07. The van der Waals surface area contributed by atoms with Crippen molar-refractivity contribution in [2.75, 3.05) is 11.2 Å². The lowest BCUT2D eigenvalue weighted by molar-refractivity contribution is -0.384. The number of nitrogens with one attached hydrogen (secondary N) is 1. The average molecular weight is 358 g/mol. The van der Waals surface area contributed by atoms with Crippen LogP contribution in [-0.2, 0) is 4.79 Å². The van der Waals surface area contributed by atoms with Crippen molar-refractivity contribution in [3.63, 3.8) is 0 Å². The third kappa shape index (κ3) is 4.59. The number of non-ortho nitro benzene ring substituents is 1. The van der Waals surface area contributed by atoms with Crippen molar-refractivity contribution >= 4 is 40.3 Å². The number of nitriles is 1. The predicted octanol–water partition coefficient (Wildman–Crippen LogP) is 4.37. The maximum Gasteiger partial charge on any atom is 0.270 e. The molecule has 8 nitrogen and oxygen atoms in total. The Morgan fingerprint density at radius 3 is 2.60 bits per heavy atom. The van der Waals surface area contributed by atoms with E-state index in [1.54, 1.807) is 18.2 Å². The molecule has 0 aliphatic carbocycles. The van der Waals surface area contributed by atoms with Crippen LogP contribution in [0, 0.1) is 28.4 Å². The summed E-state index contributed by atoms with van der Waals surface area (Å²) in [5.41, 5.74) is 1.69. The molecule has 25 heavy (non-hydrogen) atoms. The van der Waals surface area contributed by atoms with Crippen LogP contribution in [0.25, 0.3) is 0 Å². The zero-order chi connectivity index (χ0) is 18.4. The molecule has 1 amide bonds. The monoisotopic (exact) mass is 357 g/mol. The van der Waals surface area contributed by atoms with Crippen molar-refractivity contribution in [2.45, 2.75) is 6.92 Å². The molecular formula is C16H12ClN5O3. The second kappa shape index (κ2) is 7.99. The zero-order valence-electron chi connectivity index (χ0n) is 13.1. The smallest absolute Gasteiger partial charge is 0.270 e. The fourth-order valence-electron chi connectivity index (χ4n) is 1.94. The molecule has 1 N–H and O–H groups in total. The number of hydrogen-bond donors (Lipinski definition) is 1. The number of halogens is 1. The number of rotatable bonds is 5. The number of carbonyl (C=O) groups excluding carboxylic acids is 1. The summed E-state index contributed by atoms with van der Waals surface area (Å²) in [5.74, 6) is -0.595. The normalized spacial score (nSPS) is 10.4. The molecule has 0 spiro atoms. The van der Waals surface area contributed by atoms with E-state index in [4.69, 9.17) is 16.9 Å². The molecule has 9 heteroatoms. The maximum absolute atomic E-state index is 11.5. The van der Waals surface area contributed by atoms with Gasteiger partial charge in [-0.25, -0.2) is 0 Å². The summed E-state index contributed by atoms with van der Waals surface area (Å²) in [6.07, 6.45) is 0. The topological polar surface area (TPSA) is 121 Å². The molecule has 0 heterocycles. The Balaban J connectivity index is 2.38. The van der Waals surface area contributed by atoms with Crippen LogP contribution < -0.4 is 5.32 Å². The molecule has 0 saturated carbocycles. The van der Waals surface area contributed by atoms with Gasteiger partial charge in [-0.05, 0) is 30.7 Å². The van der Waals surface area contributed by atoms with Gasteiger partial charge in [-0.15, -0.1) is 21.8 Å².